The van der Waals surface area contributed by atoms with Crippen molar-refractivity contribution in [3.8, 4) is 0 Å². The van der Waals surface area contributed by atoms with Gasteiger partial charge in [0.15, 0.2) is 5.76 Å². The van der Waals surface area contributed by atoms with E-state index in [9.17, 15) is 4.79 Å². The molecule has 15 heavy (non-hydrogen) atoms. The molecule has 3 N–H and O–H groups in total. The lowest BCUT2D eigenvalue weighted by Crippen LogP contribution is -2.30. The fraction of sp³-hybridized carbons (Fsp3) is 0.500. The number of carbonyl (C=O) groups excluding carboxylic acids is 1. The van der Waals surface area contributed by atoms with Gasteiger partial charge in [0.1, 0.15) is 0 Å². The van der Waals surface area contributed by atoms with Gasteiger partial charge in [-0.05, 0) is 25.3 Å². The minimum Gasteiger partial charge on any atom is -0.459 e. The Morgan fingerprint density at radius 1 is 1.67 bits per heavy atom. The SMILES string of the molecule is NNC(=O)c1occc1COC1CCC1. The van der Waals surface area contributed by atoms with Gasteiger partial charge in [0.2, 0.25) is 0 Å². The van der Waals surface area contributed by atoms with Gasteiger partial charge in [-0.1, -0.05) is 0 Å². The third-order valence-corrected chi connectivity index (χ3v) is 2.61. The van der Waals surface area contributed by atoms with Crippen molar-refractivity contribution >= 4 is 5.91 Å². The van der Waals surface area contributed by atoms with Crippen molar-refractivity contribution in [1.82, 2.24) is 5.43 Å². The summed E-state index contributed by atoms with van der Waals surface area (Å²) >= 11 is 0. The van der Waals surface area contributed by atoms with Gasteiger partial charge in [0.05, 0.1) is 19.0 Å². The lowest BCUT2D eigenvalue weighted by molar-refractivity contribution is -0.00916. The Kier molecular flexibility index (Phi) is 3.03. The minimum atomic E-state index is -0.424. The molecule has 1 saturated carbocycles. The van der Waals surface area contributed by atoms with Crippen LogP contribution in [-0.2, 0) is 11.3 Å². The van der Waals surface area contributed by atoms with Gasteiger partial charge in [0.25, 0.3) is 0 Å². The van der Waals surface area contributed by atoms with Crippen molar-refractivity contribution < 1.29 is 13.9 Å². The van der Waals surface area contributed by atoms with Crippen molar-refractivity contribution in [2.75, 3.05) is 0 Å². The molecule has 1 aliphatic rings. The molecule has 1 fully saturated rings. The zero-order valence-electron chi connectivity index (χ0n) is 8.36. The van der Waals surface area contributed by atoms with E-state index in [1.165, 1.54) is 12.7 Å². The Balaban J connectivity index is 1.94. The summed E-state index contributed by atoms with van der Waals surface area (Å²) in [6, 6.07) is 1.73. The monoisotopic (exact) mass is 210 g/mol. The predicted octanol–water partition coefficient (Wildman–Crippen LogP) is 0.952. The first kappa shape index (κ1) is 10.2. The van der Waals surface area contributed by atoms with E-state index in [4.69, 9.17) is 15.0 Å². The summed E-state index contributed by atoms with van der Waals surface area (Å²) < 4.78 is 10.6. The van der Waals surface area contributed by atoms with Crippen molar-refractivity contribution in [3.63, 3.8) is 0 Å². The molecule has 0 aromatic carbocycles. The molecule has 0 bridgehead atoms. The summed E-state index contributed by atoms with van der Waals surface area (Å²) in [5.74, 6) is 4.83. The maximum atomic E-state index is 11.2. The third-order valence-electron chi connectivity index (χ3n) is 2.61. The van der Waals surface area contributed by atoms with E-state index < -0.39 is 5.91 Å². The molecule has 0 saturated heterocycles. The van der Waals surface area contributed by atoms with Crippen LogP contribution in [0, 0.1) is 0 Å². The number of rotatable bonds is 4. The molecular formula is C10H14N2O3. The summed E-state index contributed by atoms with van der Waals surface area (Å²) in [5.41, 5.74) is 2.78. The highest BCUT2D eigenvalue weighted by molar-refractivity contribution is 5.92. The number of amides is 1. The van der Waals surface area contributed by atoms with E-state index in [0.29, 0.717) is 12.7 Å². The lowest BCUT2D eigenvalue weighted by atomic mass is 9.96. The van der Waals surface area contributed by atoms with E-state index in [1.54, 1.807) is 6.07 Å². The largest absolute Gasteiger partial charge is 0.459 e. The molecule has 1 aromatic heterocycles. The molecular weight excluding hydrogens is 196 g/mol. The molecule has 82 valence electrons. The number of nitrogen functional groups attached to an aromatic ring is 1. The maximum Gasteiger partial charge on any atom is 0.301 e. The van der Waals surface area contributed by atoms with Crippen LogP contribution in [0.5, 0.6) is 0 Å². The number of hydrazine groups is 1. The first-order valence-corrected chi connectivity index (χ1v) is 5.00. The maximum absolute atomic E-state index is 11.2. The van der Waals surface area contributed by atoms with Gasteiger partial charge in [-0.2, -0.15) is 0 Å². The number of hydrogen-bond acceptors (Lipinski definition) is 4. The van der Waals surface area contributed by atoms with Gasteiger partial charge in [0, 0.05) is 5.56 Å². The van der Waals surface area contributed by atoms with Crippen LogP contribution in [0.25, 0.3) is 0 Å². The topological polar surface area (TPSA) is 77.5 Å². The number of nitrogens with two attached hydrogens (primary N) is 1. The van der Waals surface area contributed by atoms with Crippen molar-refractivity contribution in [1.29, 1.82) is 0 Å². The summed E-state index contributed by atoms with van der Waals surface area (Å²) in [4.78, 5) is 11.2. The van der Waals surface area contributed by atoms with E-state index in [0.717, 1.165) is 18.4 Å². The van der Waals surface area contributed by atoms with Crippen LogP contribution >= 0.6 is 0 Å². The Morgan fingerprint density at radius 2 is 2.47 bits per heavy atom. The molecule has 0 unspecified atom stereocenters. The fourth-order valence-corrected chi connectivity index (χ4v) is 1.46. The van der Waals surface area contributed by atoms with Gasteiger partial charge >= 0.3 is 5.91 Å². The predicted molar refractivity (Wildman–Crippen MR) is 52.8 cm³/mol. The summed E-state index contributed by atoms with van der Waals surface area (Å²) in [6.45, 7) is 0.407. The lowest BCUT2D eigenvalue weighted by Gasteiger charge is -2.25. The Labute approximate surface area is 87.5 Å². The molecule has 5 heteroatoms. The average molecular weight is 210 g/mol. The van der Waals surface area contributed by atoms with Crippen molar-refractivity contribution in [3.05, 3.63) is 23.7 Å². The van der Waals surface area contributed by atoms with Gasteiger partial charge in [-0.15, -0.1) is 0 Å². The fourth-order valence-electron chi connectivity index (χ4n) is 1.46. The number of ether oxygens (including phenoxy) is 1. The van der Waals surface area contributed by atoms with Crippen LogP contribution in [0.3, 0.4) is 0 Å². The number of carbonyl (C=O) groups is 1. The molecule has 0 aliphatic heterocycles. The van der Waals surface area contributed by atoms with E-state index in [2.05, 4.69) is 0 Å². The van der Waals surface area contributed by atoms with Crippen molar-refractivity contribution in [2.45, 2.75) is 32.0 Å². The Bertz CT molecular complexity index is 344. The molecule has 1 aromatic rings. The molecule has 0 atom stereocenters. The van der Waals surface area contributed by atoms with E-state index in [1.807, 2.05) is 5.43 Å². The summed E-state index contributed by atoms with van der Waals surface area (Å²) in [6.07, 6.45) is 5.25. The molecule has 1 heterocycles. The Morgan fingerprint density at radius 3 is 3.07 bits per heavy atom. The number of nitrogens with one attached hydrogen (secondary N) is 1. The van der Waals surface area contributed by atoms with Crippen LogP contribution in [0.1, 0.15) is 35.4 Å². The highest BCUT2D eigenvalue weighted by atomic mass is 16.5. The number of hydrogen-bond donors (Lipinski definition) is 2. The molecule has 5 nitrogen and oxygen atoms in total. The van der Waals surface area contributed by atoms with Gasteiger partial charge in [-0.25, -0.2) is 5.84 Å². The number of furan rings is 1. The highest BCUT2D eigenvalue weighted by Crippen LogP contribution is 2.23. The molecule has 1 amide bonds. The standard InChI is InChI=1S/C10H14N2O3/c11-12-10(13)9-7(4-5-14-9)6-15-8-2-1-3-8/h4-5,8H,1-3,6,11H2,(H,12,13). The second-order valence-electron chi connectivity index (χ2n) is 3.61. The second kappa shape index (κ2) is 4.46. The van der Waals surface area contributed by atoms with Crippen LogP contribution < -0.4 is 11.3 Å². The zero-order valence-corrected chi connectivity index (χ0v) is 8.36. The second-order valence-corrected chi connectivity index (χ2v) is 3.61. The van der Waals surface area contributed by atoms with Crippen molar-refractivity contribution in [2.24, 2.45) is 5.84 Å². The van der Waals surface area contributed by atoms with E-state index >= 15 is 0 Å². The molecule has 0 radical (unpaired) electrons. The van der Waals surface area contributed by atoms with Gasteiger partial charge in [-0.3, -0.25) is 10.2 Å². The summed E-state index contributed by atoms with van der Waals surface area (Å²) in [5, 5.41) is 0. The highest BCUT2D eigenvalue weighted by Gasteiger charge is 2.20. The minimum absolute atomic E-state index is 0.233. The Hall–Kier alpha value is -1.33. The molecule has 1 aliphatic carbocycles. The average Bonchev–Trinajstić information content (AvgIpc) is 2.62. The quantitative estimate of drug-likeness (QED) is 0.440. The van der Waals surface area contributed by atoms with Crippen LogP contribution in [0.2, 0.25) is 0 Å². The normalized spacial score (nSPS) is 16.1. The molecule has 0 spiro atoms. The van der Waals surface area contributed by atoms with Crippen LogP contribution in [-0.4, -0.2) is 12.0 Å². The third kappa shape index (κ3) is 2.19. The molecule has 2 rings (SSSR count). The first-order valence-electron chi connectivity index (χ1n) is 5.00. The van der Waals surface area contributed by atoms with Gasteiger partial charge < -0.3 is 9.15 Å². The van der Waals surface area contributed by atoms with E-state index in [-0.39, 0.29) is 5.76 Å². The summed E-state index contributed by atoms with van der Waals surface area (Å²) in [7, 11) is 0. The van der Waals surface area contributed by atoms with Crippen LogP contribution in [0.4, 0.5) is 0 Å². The zero-order chi connectivity index (χ0) is 10.7. The van der Waals surface area contributed by atoms with Crippen LogP contribution in [0.15, 0.2) is 16.7 Å². The smallest absolute Gasteiger partial charge is 0.301 e. The first-order chi connectivity index (χ1) is 7.31.